The van der Waals surface area contributed by atoms with Crippen LogP contribution in [0.2, 0.25) is 0 Å². The molecule has 4 nitrogen and oxygen atoms in total. The van der Waals surface area contributed by atoms with Crippen LogP contribution in [0.4, 0.5) is 0 Å². The molecule has 0 spiro atoms. The number of nitrogens with one attached hydrogen (secondary N) is 1. The first-order valence-electron chi connectivity index (χ1n) is 10.3. The van der Waals surface area contributed by atoms with Crippen molar-refractivity contribution in [1.29, 1.82) is 0 Å². The van der Waals surface area contributed by atoms with Crippen molar-refractivity contribution < 1.29 is 4.79 Å². The maximum atomic E-state index is 13.1. The Hall–Kier alpha value is -3.66. The zero-order valence-corrected chi connectivity index (χ0v) is 16.8. The Balaban J connectivity index is 1.39. The van der Waals surface area contributed by atoms with Crippen molar-refractivity contribution in [3.63, 3.8) is 0 Å². The number of aromatic nitrogens is 2. The fourth-order valence-electron chi connectivity index (χ4n) is 3.69. The minimum Gasteiger partial charge on any atom is -0.355 e. The molecule has 0 saturated heterocycles. The van der Waals surface area contributed by atoms with Gasteiger partial charge in [-0.1, -0.05) is 91.0 Å². The maximum absolute atomic E-state index is 13.1. The van der Waals surface area contributed by atoms with Gasteiger partial charge in [-0.25, -0.2) is 4.98 Å². The van der Waals surface area contributed by atoms with Crippen molar-refractivity contribution in [2.24, 2.45) is 0 Å². The first kappa shape index (κ1) is 19.6. The highest BCUT2D eigenvalue weighted by atomic mass is 16.1. The van der Waals surface area contributed by atoms with Crippen molar-refractivity contribution in [1.82, 2.24) is 14.9 Å². The summed E-state index contributed by atoms with van der Waals surface area (Å²) < 4.78 is 2.13. The number of aryl methyl sites for hydroxylation is 1. The van der Waals surface area contributed by atoms with Crippen LogP contribution in [0.3, 0.4) is 0 Å². The molecule has 4 heteroatoms. The van der Waals surface area contributed by atoms with Crippen molar-refractivity contribution in [3.05, 3.63) is 115 Å². The molecule has 1 aromatic heterocycles. The van der Waals surface area contributed by atoms with Gasteiger partial charge in [0, 0.05) is 31.0 Å². The number of carbonyl (C=O) groups is 1. The van der Waals surface area contributed by atoms with Crippen LogP contribution >= 0.6 is 0 Å². The van der Waals surface area contributed by atoms with Gasteiger partial charge in [-0.15, -0.1) is 0 Å². The highest BCUT2D eigenvalue weighted by Crippen LogP contribution is 2.24. The van der Waals surface area contributed by atoms with E-state index in [2.05, 4.69) is 27.0 Å². The van der Waals surface area contributed by atoms with Crippen LogP contribution in [0.5, 0.6) is 0 Å². The van der Waals surface area contributed by atoms with Gasteiger partial charge in [0.05, 0.1) is 5.92 Å². The van der Waals surface area contributed by atoms with E-state index < -0.39 is 0 Å². The average molecular weight is 396 g/mol. The van der Waals surface area contributed by atoms with Crippen LogP contribution in [-0.4, -0.2) is 22.0 Å². The molecule has 4 aromatic rings. The second kappa shape index (κ2) is 9.70. The predicted molar refractivity (Wildman–Crippen MR) is 120 cm³/mol. The monoisotopic (exact) mass is 395 g/mol. The topological polar surface area (TPSA) is 46.9 Å². The van der Waals surface area contributed by atoms with Crippen LogP contribution in [0.15, 0.2) is 103 Å². The standard InChI is InChI=1S/C26H25N3O/c30-26(24(21-11-4-1-5-12-21)22-13-6-2-7-14-22)28-17-10-19-29-20-18-27-25(29)23-15-8-3-9-16-23/h1-9,11-16,18,20,24H,10,17,19H2,(H,28,30). The van der Waals surface area contributed by atoms with Gasteiger partial charge in [-0.2, -0.15) is 0 Å². The molecule has 0 unspecified atom stereocenters. The molecule has 0 saturated carbocycles. The molecule has 0 aliphatic heterocycles. The van der Waals surface area contributed by atoms with Crippen LogP contribution in [0, 0.1) is 0 Å². The second-order valence-electron chi connectivity index (χ2n) is 7.21. The van der Waals surface area contributed by atoms with E-state index in [1.807, 2.05) is 91.3 Å². The lowest BCUT2D eigenvalue weighted by molar-refractivity contribution is -0.121. The van der Waals surface area contributed by atoms with Gasteiger partial charge in [0.15, 0.2) is 0 Å². The van der Waals surface area contributed by atoms with Crippen molar-refractivity contribution >= 4 is 5.91 Å². The molecule has 0 aliphatic carbocycles. The van der Waals surface area contributed by atoms with E-state index >= 15 is 0 Å². The highest BCUT2D eigenvalue weighted by molar-refractivity contribution is 5.87. The number of hydrogen-bond donors (Lipinski definition) is 1. The summed E-state index contributed by atoms with van der Waals surface area (Å²) in [4.78, 5) is 17.5. The molecule has 1 amide bonds. The summed E-state index contributed by atoms with van der Waals surface area (Å²) in [7, 11) is 0. The summed E-state index contributed by atoms with van der Waals surface area (Å²) in [5.41, 5.74) is 3.10. The summed E-state index contributed by atoms with van der Waals surface area (Å²) in [6, 6.07) is 30.0. The number of hydrogen-bond acceptors (Lipinski definition) is 2. The molecule has 0 fully saturated rings. The molecule has 0 radical (unpaired) electrons. The number of imidazole rings is 1. The Labute approximate surface area is 177 Å². The molecule has 0 bridgehead atoms. The minimum absolute atomic E-state index is 0.0290. The van der Waals surface area contributed by atoms with Gasteiger partial charge in [-0.3, -0.25) is 4.79 Å². The van der Waals surface area contributed by atoms with Gasteiger partial charge in [-0.05, 0) is 17.5 Å². The van der Waals surface area contributed by atoms with E-state index in [1.165, 1.54) is 0 Å². The zero-order valence-electron chi connectivity index (χ0n) is 16.8. The van der Waals surface area contributed by atoms with E-state index in [9.17, 15) is 4.79 Å². The molecule has 0 aliphatic rings. The van der Waals surface area contributed by atoms with E-state index in [0.717, 1.165) is 35.5 Å². The first-order chi connectivity index (χ1) is 14.8. The van der Waals surface area contributed by atoms with Crippen LogP contribution in [0.25, 0.3) is 11.4 Å². The average Bonchev–Trinajstić information content (AvgIpc) is 3.28. The number of rotatable bonds is 8. The lowest BCUT2D eigenvalue weighted by Crippen LogP contribution is -2.31. The molecule has 1 heterocycles. The number of nitrogens with zero attached hydrogens (tertiary/aromatic N) is 2. The third-order valence-electron chi connectivity index (χ3n) is 5.15. The zero-order chi connectivity index (χ0) is 20.6. The Morgan fingerprint density at radius 1 is 0.833 bits per heavy atom. The Bertz CT molecular complexity index is 1020. The normalized spacial score (nSPS) is 10.8. The fourth-order valence-corrected chi connectivity index (χ4v) is 3.69. The Kier molecular flexibility index (Phi) is 6.35. The number of amides is 1. The number of carbonyl (C=O) groups excluding carboxylic acids is 1. The molecular formula is C26H25N3O. The summed E-state index contributed by atoms with van der Waals surface area (Å²) in [6.07, 6.45) is 4.64. The van der Waals surface area contributed by atoms with Gasteiger partial charge in [0.2, 0.25) is 5.91 Å². The largest absolute Gasteiger partial charge is 0.355 e. The third-order valence-corrected chi connectivity index (χ3v) is 5.15. The summed E-state index contributed by atoms with van der Waals surface area (Å²) in [5.74, 6) is 0.676. The predicted octanol–water partition coefficient (Wildman–Crippen LogP) is 4.89. The molecule has 150 valence electrons. The van der Waals surface area contributed by atoms with Crippen molar-refractivity contribution in [2.75, 3.05) is 6.54 Å². The number of benzene rings is 3. The van der Waals surface area contributed by atoms with Gasteiger partial charge >= 0.3 is 0 Å². The fraction of sp³-hybridized carbons (Fsp3) is 0.154. The summed E-state index contributed by atoms with van der Waals surface area (Å²) >= 11 is 0. The lowest BCUT2D eigenvalue weighted by Gasteiger charge is -2.18. The SMILES string of the molecule is O=C(NCCCn1ccnc1-c1ccccc1)C(c1ccccc1)c1ccccc1. The molecule has 0 atom stereocenters. The van der Waals surface area contributed by atoms with E-state index in [4.69, 9.17) is 0 Å². The second-order valence-corrected chi connectivity index (χ2v) is 7.21. The van der Waals surface area contributed by atoms with E-state index in [0.29, 0.717) is 6.54 Å². The van der Waals surface area contributed by atoms with Gasteiger partial charge < -0.3 is 9.88 Å². The van der Waals surface area contributed by atoms with Crippen LogP contribution < -0.4 is 5.32 Å². The maximum Gasteiger partial charge on any atom is 0.232 e. The van der Waals surface area contributed by atoms with Gasteiger partial charge in [0.1, 0.15) is 5.82 Å². The minimum atomic E-state index is -0.305. The van der Waals surface area contributed by atoms with Gasteiger partial charge in [0.25, 0.3) is 0 Å². The Morgan fingerprint density at radius 3 is 2.00 bits per heavy atom. The lowest BCUT2D eigenvalue weighted by atomic mass is 9.90. The Morgan fingerprint density at radius 2 is 1.40 bits per heavy atom. The molecule has 30 heavy (non-hydrogen) atoms. The summed E-state index contributed by atoms with van der Waals surface area (Å²) in [6.45, 7) is 1.41. The molecule has 1 N–H and O–H groups in total. The highest BCUT2D eigenvalue weighted by Gasteiger charge is 2.22. The van der Waals surface area contributed by atoms with E-state index in [-0.39, 0.29) is 11.8 Å². The first-order valence-corrected chi connectivity index (χ1v) is 10.3. The quantitative estimate of drug-likeness (QED) is 0.432. The summed E-state index contributed by atoms with van der Waals surface area (Å²) in [5, 5.41) is 3.13. The molecule has 3 aromatic carbocycles. The molecular weight excluding hydrogens is 370 g/mol. The van der Waals surface area contributed by atoms with Crippen LogP contribution in [-0.2, 0) is 11.3 Å². The molecule has 4 rings (SSSR count). The van der Waals surface area contributed by atoms with Crippen LogP contribution in [0.1, 0.15) is 23.5 Å². The smallest absolute Gasteiger partial charge is 0.232 e. The van der Waals surface area contributed by atoms with Crippen molar-refractivity contribution in [2.45, 2.75) is 18.9 Å². The third kappa shape index (κ3) is 4.66. The van der Waals surface area contributed by atoms with Crippen molar-refractivity contribution in [3.8, 4) is 11.4 Å². The van der Waals surface area contributed by atoms with E-state index in [1.54, 1.807) is 0 Å².